The summed E-state index contributed by atoms with van der Waals surface area (Å²) in [6.45, 7) is 5.28. The van der Waals surface area contributed by atoms with Crippen molar-refractivity contribution in [1.29, 1.82) is 0 Å². The van der Waals surface area contributed by atoms with E-state index in [0.29, 0.717) is 82.1 Å². The van der Waals surface area contributed by atoms with Gasteiger partial charge in [0, 0.05) is 38.6 Å². The van der Waals surface area contributed by atoms with Gasteiger partial charge in [0.2, 0.25) is 5.91 Å². The van der Waals surface area contributed by atoms with E-state index in [1.807, 2.05) is 24.0 Å². The first kappa shape index (κ1) is 25.7. The van der Waals surface area contributed by atoms with Crippen molar-refractivity contribution in [3.63, 3.8) is 0 Å². The Balaban J connectivity index is 1.19. The molecular formula is C29H39N3O5. The van der Waals surface area contributed by atoms with Crippen molar-refractivity contribution in [2.75, 3.05) is 44.2 Å². The predicted octanol–water partition coefficient (Wildman–Crippen LogP) is 3.88. The average molecular weight is 510 g/mol. The quantitative estimate of drug-likeness (QED) is 0.427. The fraction of sp³-hybridized carbons (Fsp3) is 0.655. The summed E-state index contributed by atoms with van der Waals surface area (Å²) in [4.78, 5) is 57.3. The van der Waals surface area contributed by atoms with Gasteiger partial charge in [-0.1, -0.05) is 25.3 Å². The topological polar surface area (TPSA) is 87.2 Å². The van der Waals surface area contributed by atoms with Crippen LogP contribution in [0.15, 0.2) is 18.2 Å². The molecule has 1 aliphatic carbocycles. The summed E-state index contributed by atoms with van der Waals surface area (Å²) in [5.74, 6) is -0.0545. The minimum atomic E-state index is -0.163. The number of piperidine rings is 2. The zero-order valence-electron chi connectivity index (χ0n) is 22.0. The molecule has 8 heteroatoms. The van der Waals surface area contributed by atoms with Crippen molar-refractivity contribution in [3.05, 3.63) is 29.3 Å². The van der Waals surface area contributed by atoms with E-state index >= 15 is 0 Å². The Morgan fingerprint density at radius 1 is 0.865 bits per heavy atom. The maximum atomic E-state index is 13.4. The number of anilines is 1. The van der Waals surface area contributed by atoms with E-state index in [-0.39, 0.29) is 35.5 Å². The lowest BCUT2D eigenvalue weighted by Gasteiger charge is -2.38. The van der Waals surface area contributed by atoms with Gasteiger partial charge in [-0.25, -0.2) is 0 Å². The van der Waals surface area contributed by atoms with Crippen molar-refractivity contribution in [2.24, 2.45) is 17.8 Å². The molecule has 2 saturated heterocycles. The molecule has 0 bridgehead atoms. The largest absolute Gasteiger partial charge is 0.466 e. The van der Waals surface area contributed by atoms with E-state index < -0.39 is 0 Å². The molecule has 4 aliphatic rings. The summed E-state index contributed by atoms with van der Waals surface area (Å²) < 4.78 is 5.14. The molecular weight excluding hydrogens is 470 g/mol. The first-order valence-corrected chi connectivity index (χ1v) is 14.2. The number of likely N-dealkylation sites (tertiary alicyclic amines) is 1. The van der Waals surface area contributed by atoms with E-state index in [1.54, 1.807) is 6.07 Å². The van der Waals surface area contributed by atoms with E-state index in [9.17, 15) is 19.2 Å². The van der Waals surface area contributed by atoms with Crippen molar-refractivity contribution in [1.82, 2.24) is 9.80 Å². The number of amides is 3. The standard InChI is InChI=1S/C29H39N3O5/c1-2-37-29(36)22-13-17-31(18-14-22)26(33)21-11-15-30(16-12-21)24-10-6-9-23-25(24)28(35)32(27(23)34)19-20-7-4-3-5-8-20/h6,9-10,20-22H,2-5,7-8,11-19H2,1H3. The highest BCUT2D eigenvalue weighted by Gasteiger charge is 2.40. The summed E-state index contributed by atoms with van der Waals surface area (Å²) in [7, 11) is 0. The SMILES string of the molecule is CCOC(=O)C1CCN(C(=O)C2CCN(c3cccc4c3C(=O)N(CC3CCCCC3)C4=O)CC2)CC1. The Morgan fingerprint density at radius 2 is 1.54 bits per heavy atom. The molecule has 0 radical (unpaired) electrons. The van der Waals surface area contributed by atoms with Crippen molar-refractivity contribution >= 4 is 29.4 Å². The summed E-state index contributed by atoms with van der Waals surface area (Å²) in [6, 6.07) is 5.58. The summed E-state index contributed by atoms with van der Waals surface area (Å²) in [5, 5.41) is 0. The van der Waals surface area contributed by atoms with Crippen molar-refractivity contribution in [2.45, 2.75) is 64.7 Å². The second kappa shape index (κ2) is 11.2. The molecule has 1 aromatic carbocycles. The highest BCUT2D eigenvalue weighted by Crippen LogP contribution is 2.36. The highest BCUT2D eigenvalue weighted by molar-refractivity contribution is 6.23. The summed E-state index contributed by atoms with van der Waals surface area (Å²) >= 11 is 0. The number of esters is 1. The molecule has 3 amide bonds. The lowest BCUT2D eigenvalue weighted by molar-refractivity contribution is -0.151. The predicted molar refractivity (Wildman–Crippen MR) is 139 cm³/mol. The van der Waals surface area contributed by atoms with Gasteiger partial charge < -0.3 is 14.5 Å². The number of benzene rings is 1. The van der Waals surface area contributed by atoms with Crippen LogP contribution < -0.4 is 4.90 Å². The number of carbonyl (C=O) groups is 4. The molecule has 0 atom stereocenters. The van der Waals surface area contributed by atoms with Crippen LogP contribution in [0.5, 0.6) is 0 Å². The van der Waals surface area contributed by atoms with E-state index in [0.717, 1.165) is 18.5 Å². The van der Waals surface area contributed by atoms with Gasteiger partial charge in [0.1, 0.15) is 0 Å². The van der Waals surface area contributed by atoms with Crippen molar-refractivity contribution < 1.29 is 23.9 Å². The number of ether oxygens (including phenoxy) is 1. The Labute approximate surface area is 219 Å². The first-order chi connectivity index (χ1) is 18.0. The molecule has 0 N–H and O–H groups in total. The van der Waals surface area contributed by atoms with Crippen LogP contribution in [-0.4, -0.2) is 72.8 Å². The van der Waals surface area contributed by atoms with Gasteiger partial charge in [0.05, 0.1) is 29.3 Å². The third kappa shape index (κ3) is 5.25. The minimum absolute atomic E-state index is 0.0488. The van der Waals surface area contributed by atoms with E-state index in [4.69, 9.17) is 4.74 Å². The molecule has 200 valence electrons. The van der Waals surface area contributed by atoms with Gasteiger partial charge in [-0.05, 0) is 63.5 Å². The lowest BCUT2D eigenvalue weighted by Crippen LogP contribution is -2.46. The zero-order valence-corrected chi connectivity index (χ0v) is 22.0. The second-order valence-corrected chi connectivity index (χ2v) is 11.0. The first-order valence-electron chi connectivity index (χ1n) is 14.2. The van der Waals surface area contributed by atoms with Gasteiger partial charge in [-0.3, -0.25) is 24.1 Å². The van der Waals surface area contributed by atoms with Crippen LogP contribution >= 0.6 is 0 Å². The van der Waals surface area contributed by atoms with Gasteiger partial charge in [0.15, 0.2) is 0 Å². The molecule has 0 unspecified atom stereocenters. The number of nitrogens with zero attached hydrogens (tertiary/aromatic N) is 3. The average Bonchev–Trinajstić information content (AvgIpc) is 3.18. The number of hydrogen-bond donors (Lipinski definition) is 0. The van der Waals surface area contributed by atoms with Gasteiger partial charge in [0.25, 0.3) is 11.8 Å². The molecule has 3 fully saturated rings. The number of rotatable bonds is 6. The van der Waals surface area contributed by atoms with Crippen LogP contribution in [0.3, 0.4) is 0 Å². The smallest absolute Gasteiger partial charge is 0.309 e. The minimum Gasteiger partial charge on any atom is -0.466 e. The third-order valence-electron chi connectivity index (χ3n) is 8.75. The molecule has 3 heterocycles. The van der Waals surface area contributed by atoms with Crippen molar-refractivity contribution in [3.8, 4) is 0 Å². The molecule has 1 aromatic rings. The third-order valence-corrected chi connectivity index (χ3v) is 8.75. The van der Waals surface area contributed by atoms with Crippen LogP contribution in [-0.2, 0) is 14.3 Å². The van der Waals surface area contributed by atoms with E-state index in [1.165, 1.54) is 24.2 Å². The molecule has 5 rings (SSSR count). The normalized spacial score (nSPS) is 21.9. The summed E-state index contributed by atoms with van der Waals surface area (Å²) in [6.07, 6.45) is 8.52. The van der Waals surface area contributed by atoms with Crippen LogP contribution in [0.2, 0.25) is 0 Å². The fourth-order valence-corrected chi connectivity index (χ4v) is 6.59. The van der Waals surface area contributed by atoms with Gasteiger partial charge in [-0.15, -0.1) is 0 Å². The van der Waals surface area contributed by atoms with Crippen LogP contribution in [0.25, 0.3) is 0 Å². The van der Waals surface area contributed by atoms with Gasteiger partial charge >= 0.3 is 5.97 Å². The highest BCUT2D eigenvalue weighted by atomic mass is 16.5. The number of carbonyl (C=O) groups excluding carboxylic acids is 4. The van der Waals surface area contributed by atoms with Crippen LogP contribution in [0.4, 0.5) is 5.69 Å². The molecule has 37 heavy (non-hydrogen) atoms. The molecule has 3 aliphatic heterocycles. The monoisotopic (exact) mass is 509 g/mol. The lowest BCUT2D eigenvalue weighted by atomic mass is 9.89. The van der Waals surface area contributed by atoms with Gasteiger partial charge in [-0.2, -0.15) is 0 Å². The second-order valence-electron chi connectivity index (χ2n) is 11.0. The number of imide groups is 1. The number of fused-ring (bicyclic) bond motifs is 1. The Hall–Kier alpha value is -2.90. The molecule has 0 aromatic heterocycles. The molecule has 1 saturated carbocycles. The Morgan fingerprint density at radius 3 is 2.22 bits per heavy atom. The maximum absolute atomic E-state index is 13.4. The van der Waals surface area contributed by atoms with E-state index in [2.05, 4.69) is 4.90 Å². The van der Waals surface area contributed by atoms with Crippen LogP contribution in [0, 0.1) is 17.8 Å². The Bertz CT molecular complexity index is 1030. The molecule has 0 spiro atoms. The molecule has 8 nitrogen and oxygen atoms in total. The van der Waals surface area contributed by atoms with Crippen LogP contribution in [0.1, 0.15) is 85.4 Å². The fourth-order valence-electron chi connectivity index (χ4n) is 6.59. The Kier molecular flexibility index (Phi) is 7.81. The maximum Gasteiger partial charge on any atom is 0.309 e. The number of hydrogen-bond acceptors (Lipinski definition) is 6. The summed E-state index contributed by atoms with van der Waals surface area (Å²) in [5.41, 5.74) is 1.87. The zero-order chi connectivity index (χ0) is 25.9.